The number of aromatic nitrogens is 5. The minimum atomic E-state index is -0.154. The lowest BCUT2D eigenvalue weighted by Gasteiger charge is -2.15. The first-order valence-electron chi connectivity index (χ1n) is 6.18. The highest BCUT2D eigenvalue weighted by Gasteiger charge is 2.16. The Morgan fingerprint density at radius 2 is 2.00 bits per heavy atom. The van der Waals surface area contributed by atoms with Crippen LogP contribution in [0.15, 0.2) is 34.9 Å². The van der Waals surface area contributed by atoms with E-state index in [2.05, 4.69) is 45.2 Å². The van der Waals surface area contributed by atoms with E-state index in [1.807, 2.05) is 24.3 Å². The van der Waals surface area contributed by atoms with E-state index in [0.29, 0.717) is 23.9 Å². The van der Waals surface area contributed by atoms with Gasteiger partial charge in [0.1, 0.15) is 11.5 Å². The van der Waals surface area contributed by atoms with E-state index in [-0.39, 0.29) is 30.9 Å². The van der Waals surface area contributed by atoms with Crippen molar-refractivity contribution in [1.29, 1.82) is 0 Å². The molecule has 0 aliphatic rings. The predicted octanol–water partition coefficient (Wildman–Crippen LogP) is 3.04. The highest BCUT2D eigenvalue weighted by molar-refractivity contribution is 9.10. The fourth-order valence-electron chi connectivity index (χ4n) is 1.79. The number of nitrogens with one attached hydrogen (secondary N) is 2. The van der Waals surface area contributed by atoms with Crippen LogP contribution >= 0.6 is 52.5 Å². The van der Waals surface area contributed by atoms with Gasteiger partial charge in [0.25, 0.3) is 0 Å². The number of nitrogens with two attached hydrogens (primary N) is 1. The van der Waals surface area contributed by atoms with Crippen molar-refractivity contribution in [3.8, 4) is 11.5 Å². The Morgan fingerprint density at radius 3 is 2.61 bits per heavy atom. The van der Waals surface area contributed by atoms with Crippen molar-refractivity contribution in [2.24, 2.45) is 5.73 Å². The molecule has 7 nitrogen and oxygen atoms in total. The third-order valence-electron chi connectivity index (χ3n) is 2.84. The first-order valence-corrected chi connectivity index (χ1v) is 7.71. The number of H-pyrrole nitrogens is 1. The number of aromatic amines is 1. The zero-order chi connectivity index (χ0) is 14.7. The SMILES string of the molecule is Cl.Cl.NCC(Nc1ccc(Br)cc1)c1nc(-c2cnsn2)n[nH]1. The van der Waals surface area contributed by atoms with Gasteiger partial charge in [-0.25, -0.2) is 4.98 Å². The second kappa shape index (κ2) is 9.14. The van der Waals surface area contributed by atoms with Crippen molar-refractivity contribution in [3.63, 3.8) is 0 Å². The van der Waals surface area contributed by atoms with Gasteiger partial charge >= 0.3 is 0 Å². The Kier molecular flexibility index (Phi) is 7.86. The molecule has 2 heterocycles. The number of halogens is 3. The molecule has 0 saturated heterocycles. The monoisotopic (exact) mass is 437 g/mol. The Morgan fingerprint density at radius 1 is 1.26 bits per heavy atom. The molecule has 0 bridgehead atoms. The number of benzene rings is 1. The molecule has 1 atom stereocenters. The summed E-state index contributed by atoms with van der Waals surface area (Å²) in [6.45, 7) is 0.389. The summed E-state index contributed by atoms with van der Waals surface area (Å²) in [4.78, 5) is 4.42. The van der Waals surface area contributed by atoms with E-state index < -0.39 is 0 Å². The van der Waals surface area contributed by atoms with E-state index >= 15 is 0 Å². The molecular weight excluding hydrogens is 425 g/mol. The molecule has 0 aliphatic carbocycles. The van der Waals surface area contributed by atoms with Crippen LogP contribution in [0.25, 0.3) is 11.5 Å². The van der Waals surface area contributed by atoms with Gasteiger partial charge in [-0.15, -0.1) is 24.8 Å². The fraction of sp³-hybridized carbons (Fsp3) is 0.167. The molecule has 23 heavy (non-hydrogen) atoms. The summed E-state index contributed by atoms with van der Waals surface area (Å²) >= 11 is 4.53. The van der Waals surface area contributed by atoms with Crippen LogP contribution in [-0.2, 0) is 0 Å². The maximum absolute atomic E-state index is 5.83. The Hall–Kier alpha value is -1.26. The minimum absolute atomic E-state index is 0. The van der Waals surface area contributed by atoms with Crippen LogP contribution in [-0.4, -0.2) is 30.5 Å². The van der Waals surface area contributed by atoms with Crippen molar-refractivity contribution in [3.05, 3.63) is 40.8 Å². The highest BCUT2D eigenvalue weighted by atomic mass is 79.9. The van der Waals surface area contributed by atoms with Crippen LogP contribution in [0.5, 0.6) is 0 Å². The topological polar surface area (TPSA) is 105 Å². The summed E-state index contributed by atoms with van der Waals surface area (Å²) in [6.07, 6.45) is 1.64. The maximum atomic E-state index is 5.83. The first kappa shape index (κ1) is 19.8. The molecule has 0 amide bonds. The molecule has 3 rings (SSSR count). The lowest BCUT2D eigenvalue weighted by molar-refractivity contribution is 0.730. The lowest BCUT2D eigenvalue weighted by Crippen LogP contribution is -2.21. The number of hydrogen-bond acceptors (Lipinski definition) is 7. The number of rotatable bonds is 5. The first-order chi connectivity index (χ1) is 10.3. The minimum Gasteiger partial charge on any atom is -0.374 e. The molecule has 3 aromatic rings. The van der Waals surface area contributed by atoms with Crippen molar-refractivity contribution < 1.29 is 0 Å². The van der Waals surface area contributed by atoms with Gasteiger partial charge in [0.15, 0.2) is 0 Å². The molecule has 0 fully saturated rings. The average Bonchev–Trinajstić information content (AvgIpc) is 3.17. The second-order valence-corrected chi connectivity index (χ2v) is 5.75. The summed E-state index contributed by atoms with van der Waals surface area (Å²) in [5.41, 5.74) is 7.44. The van der Waals surface area contributed by atoms with Crippen LogP contribution in [0, 0.1) is 0 Å². The zero-order valence-electron chi connectivity index (χ0n) is 11.6. The molecule has 1 aromatic carbocycles. The molecule has 2 aromatic heterocycles. The van der Waals surface area contributed by atoms with Crippen molar-refractivity contribution in [2.75, 3.05) is 11.9 Å². The maximum Gasteiger partial charge on any atom is 0.202 e. The van der Waals surface area contributed by atoms with E-state index in [1.165, 1.54) is 0 Å². The summed E-state index contributed by atoms with van der Waals surface area (Å²) in [5.74, 6) is 1.19. The van der Waals surface area contributed by atoms with Crippen molar-refractivity contribution >= 4 is 58.2 Å². The van der Waals surface area contributed by atoms with E-state index in [9.17, 15) is 0 Å². The third-order valence-corrected chi connectivity index (χ3v) is 3.85. The summed E-state index contributed by atoms with van der Waals surface area (Å²) < 4.78 is 9.07. The summed E-state index contributed by atoms with van der Waals surface area (Å²) in [6, 6.07) is 7.70. The molecule has 4 N–H and O–H groups in total. The molecular formula is C12H14BrCl2N7S. The van der Waals surface area contributed by atoms with Crippen molar-refractivity contribution in [2.45, 2.75) is 6.04 Å². The van der Waals surface area contributed by atoms with E-state index in [1.54, 1.807) is 6.20 Å². The molecule has 124 valence electrons. The van der Waals surface area contributed by atoms with E-state index in [4.69, 9.17) is 5.73 Å². The summed E-state index contributed by atoms with van der Waals surface area (Å²) in [5, 5.41) is 10.4. The van der Waals surface area contributed by atoms with Gasteiger partial charge < -0.3 is 11.1 Å². The Bertz CT molecular complexity index is 705. The van der Waals surface area contributed by atoms with E-state index in [0.717, 1.165) is 21.9 Å². The van der Waals surface area contributed by atoms with Gasteiger partial charge in [-0.3, -0.25) is 5.10 Å². The zero-order valence-corrected chi connectivity index (χ0v) is 15.7. The lowest BCUT2D eigenvalue weighted by atomic mass is 10.2. The number of anilines is 1. The fourth-order valence-corrected chi connectivity index (χ4v) is 2.47. The number of nitrogens with zero attached hydrogens (tertiary/aromatic N) is 4. The molecule has 0 radical (unpaired) electrons. The standard InChI is InChI=1S/C12H12BrN7S.2ClH/c13-7-1-3-8(4-2-7)16-9(5-14)11-17-12(19-18-11)10-6-15-21-20-10;;/h1-4,6,9,16H,5,14H2,(H,17,18,19);2*1H. The summed E-state index contributed by atoms with van der Waals surface area (Å²) in [7, 11) is 0. The van der Waals surface area contributed by atoms with Gasteiger partial charge in [0.2, 0.25) is 5.82 Å². The van der Waals surface area contributed by atoms with Crippen LogP contribution in [0.2, 0.25) is 0 Å². The van der Waals surface area contributed by atoms with Gasteiger partial charge in [0.05, 0.1) is 24.0 Å². The van der Waals surface area contributed by atoms with Crippen LogP contribution in [0.1, 0.15) is 11.9 Å². The predicted molar refractivity (Wildman–Crippen MR) is 99.3 cm³/mol. The normalized spacial score (nSPS) is 11.2. The molecule has 11 heteroatoms. The number of hydrogen-bond donors (Lipinski definition) is 3. The average molecular weight is 439 g/mol. The third kappa shape index (κ3) is 4.85. The quantitative estimate of drug-likeness (QED) is 0.565. The van der Waals surface area contributed by atoms with Gasteiger partial charge in [0, 0.05) is 16.7 Å². The molecule has 1 unspecified atom stereocenters. The van der Waals surface area contributed by atoms with Crippen molar-refractivity contribution in [1.82, 2.24) is 23.9 Å². The second-order valence-electron chi connectivity index (χ2n) is 4.28. The smallest absolute Gasteiger partial charge is 0.202 e. The highest BCUT2D eigenvalue weighted by Crippen LogP contribution is 2.20. The molecule has 0 spiro atoms. The van der Waals surface area contributed by atoms with Gasteiger partial charge in [-0.2, -0.15) is 13.8 Å². The van der Waals surface area contributed by atoms with Crippen LogP contribution in [0.3, 0.4) is 0 Å². The van der Waals surface area contributed by atoms with Crippen LogP contribution < -0.4 is 11.1 Å². The van der Waals surface area contributed by atoms with Gasteiger partial charge in [-0.05, 0) is 24.3 Å². The Labute approximate surface area is 157 Å². The van der Waals surface area contributed by atoms with Gasteiger partial charge in [-0.1, -0.05) is 15.9 Å². The van der Waals surface area contributed by atoms with Crippen LogP contribution in [0.4, 0.5) is 5.69 Å². The largest absolute Gasteiger partial charge is 0.374 e. The molecule has 0 saturated carbocycles. The molecule has 0 aliphatic heterocycles. The Balaban J connectivity index is 0.00000132.